The van der Waals surface area contributed by atoms with Gasteiger partial charge in [-0.25, -0.2) is 0 Å². The van der Waals surface area contributed by atoms with Crippen LogP contribution in [0.2, 0.25) is 0 Å². The van der Waals surface area contributed by atoms with Crippen LogP contribution in [-0.2, 0) is 48.7 Å². The van der Waals surface area contributed by atoms with E-state index in [1.54, 1.807) is 31.8 Å². The summed E-state index contributed by atoms with van der Waals surface area (Å²) in [5, 5.41) is 6.57. The SMILES string of the molecule is CCCC/[P+](=C1/P=C(c2c(C(C)(C)C)cc(C(C)(C)C)cc2C(C)(C)C)P=C1c1c(C(C)(C)C)cc(C(C)(C)C)cc1C(C)(C)C)c1c(C(C)(C)C)cc(C(C)(C)C)cc1C(C)(C)C. The number of unbranched alkanes of at least 4 members (excludes halogenated alkanes) is 1. The van der Waals surface area contributed by atoms with Crippen molar-refractivity contribution in [2.24, 2.45) is 0 Å². The highest BCUT2D eigenvalue weighted by Crippen LogP contribution is 2.51. The van der Waals surface area contributed by atoms with E-state index in [0.29, 0.717) is 0 Å². The lowest BCUT2D eigenvalue weighted by atomic mass is 9.72. The maximum atomic E-state index is 2.65. The van der Waals surface area contributed by atoms with Gasteiger partial charge in [-0.1, -0.05) is 237 Å². The first kappa shape index (κ1) is 54.8. The van der Waals surface area contributed by atoms with Crippen LogP contribution in [0.3, 0.4) is 0 Å². The Kier molecular flexibility index (Phi) is 15.3. The molecule has 0 spiro atoms. The van der Waals surface area contributed by atoms with Crippen molar-refractivity contribution < 1.29 is 0 Å². The van der Waals surface area contributed by atoms with Crippen LogP contribution < -0.4 is 5.30 Å². The summed E-state index contributed by atoms with van der Waals surface area (Å²) in [5.41, 5.74) is 16.5. The lowest BCUT2D eigenvalue weighted by Crippen LogP contribution is -2.32. The molecule has 1 heterocycles. The van der Waals surface area contributed by atoms with Gasteiger partial charge in [0.25, 0.3) is 0 Å². The van der Waals surface area contributed by atoms with E-state index in [1.165, 1.54) is 85.5 Å². The summed E-state index contributed by atoms with van der Waals surface area (Å²) in [4.78, 5) is 0. The molecule has 0 aliphatic carbocycles. The highest BCUT2D eigenvalue weighted by molar-refractivity contribution is 8.00. The van der Waals surface area contributed by atoms with Gasteiger partial charge in [0.15, 0.2) is 10.3 Å². The molecule has 1 unspecified atom stereocenters. The Hall–Kier alpha value is -1.83. The normalized spacial score (nSPS) is 16.6. The third-order valence-electron chi connectivity index (χ3n) is 13.2. The monoisotopic (exact) mass is 922 g/mol. The third kappa shape index (κ3) is 12.1. The third-order valence-corrected chi connectivity index (χ3v) is 19.7. The average molecular weight is 922 g/mol. The summed E-state index contributed by atoms with van der Waals surface area (Å²) in [5.74, 6) is 0. The minimum absolute atomic E-state index is 0.0209. The fourth-order valence-electron chi connectivity index (χ4n) is 8.96. The van der Waals surface area contributed by atoms with Crippen LogP contribution in [-0.4, -0.2) is 21.5 Å². The zero-order valence-corrected chi connectivity index (χ0v) is 49.6. The van der Waals surface area contributed by atoms with Crippen molar-refractivity contribution in [2.75, 3.05) is 6.16 Å². The second kappa shape index (κ2) is 17.9. The molecule has 0 N–H and O–H groups in total. The second-order valence-corrected chi connectivity index (χ2v) is 33.9. The molecule has 0 saturated heterocycles. The maximum absolute atomic E-state index is 2.65. The molecule has 64 heavy (non-hydrogen) atoms. The minimum Gasteiger partial charge on any atom is -0.0652 e. The molecule has 0 radical (unpaired) electrons. The number of rotatable bonds is 6. The summed E-state index contributed by atoms with van der Waals surface area (Å²) in [6.45, 7) is 68.5. The van der Waals surface area contributed by atoms with Gasteiger partial charge in [0.2, 0.25) is 0 Å². The van der Waals surface area contributed by atoms with Crippen molar-refractivity contribution in [3.8, 4) is 0 Å². The summed E-state index contributed by atoms with van der Waals surface area (Å²) < 4.78 is 0. The Bertz CT molecular complexity index is 2220. The molecule has 354 valence electrons. The van der Waals surface area contributed by atoms with Crippen molar-refractivity contribution in [3.63, 3.8) is 0 Å². The molecule has 0 amide bonds. The minimum atomic E-state index is -0.749. The van der Waals surface area contributed by atoms with Gasteiger partial charge in [-0.2, -0.15) is 0 Å². The molecule has 3 aromatic rings. The number of benzene rings is 3. The number of hydrogen-bond donors (Lipinski definition) is 0. The van der Waals surface area contributed by atoms with Crippen LogP contribution >= 0.6 is 24.0 Å². The molecular formula is C61H96P3+. The fourth-order valence-corrected chi connectivity index (χ4v) is 17.0. The largest absolute Gasteiger partial charge is 0.187 e. The van der Waals surface area contributed by atoms with Crippen molar-refractivity contribution in [1.29, 1.82) is 0 Å². The predicted molar refractivity (Wildman–Crippen MR) is 301 cm³/mol. The Morgan fingerprint density at radius 2 is 0.641 bits per heavy atom. The van der Waals surface area contributed by atoms with E-state index in [9.17, 15) is 0 Å². The Balaban J connectivity index is 2.55. The predicted octanol–water partition coefficient (Wildman–Crippen LogP) is 18.7. The molecule has 0 nitrogen and oxygen atoms in total. The van der Waals surface area contributed by atoms with Gasteiger partial charge in [-0.3, -0.25) is 0 Å². The van der Waals surface area contributed by atoms with Gasteiger partial charge in [-0.15, -0.1) is 0 Å². The molecule has 0 saturated carbocycles. The van der Waals surface area contributed by atoms with E-state index in [4.69, 9.17) is 0 Å². The number of hydrogen-bond acceptors (Lipinski definition) is 0. The molecule has 3 heteroatoms. The molecule has 0 bridgehead atoms. The van der Waals surface area contributed by atoms with Gasteiger partial charge in [0.05, 0.1) is 5.29 Å². The van der Waals surface area contributed by atoms with E-state index < -0.39 is 7.55 Å². The molecule has 3 aromatic carbocycles. The van der Waals surface area contributed by atoms with Gasteiger partial charge in [0, 0.05) is 16.2 Å². The fraction of sp³-hybridized carbons (Fsp3) is 0.656. The smallest absolute Gasteiger partial charge is 0.0652 e. The maximum Gasteiger partial charge on any atom is 0.187 e. The Morgan fingerprint density at radius 1 is 0.359 bits per heavy atom. The Morgan fingerprint density at radius 3 is 0.906 bits per heavy atom. The molecule has 1 aliphatic heterocycles. The van der Waals surface area contributed by atoms with E-state index >= 15 is 0 Å². The van der Waals surface area contributed by atoms with Gasteiger partial charge in [-0.05, 0) is 122 Å². The highest BCUT2D eigenvalue weighted by atomic mass is 31.1. The van der Waals surface area contributed by atoms with Crippen LogP contribution in [0.5, 0.6) is 0 Å². The molecule has 0 fully saturated rings. The second-order valence-electron chi connectivity index (χ2n) is 28.8. The standard InChI is InChI=1S/C61H96P3/c1-29-30-31-64(50-45(60(23,24)25)36-40(55(8,9)10)37-46(50)61(26,27)28)52-49(47-41(56(11,12)13)32-38(53(2,3)4)33-42(47)57(14,15)16)62-51(63-52)48-43(58(17,18)19)34-39(54(5,6)7)35-44(48)59(20,21)22/h32-37H,29-31H2,1-28H3/q+1. The Labute approximate surface area is 401 Å². The summed E-state index contributed by atoms with van der Waals surface area (Å²) in [7, 11) is 2.05. The summed E-state index contributed by atoms with van der Waals surface area (Å²) in [6, 6.07) is 15.8. The van der Waals surface area contributed by atoms with Crippen LogP contribution in [0.4, 0.5) is 0 Å². The van der Waals surface area contributed by atoms with E-state index in [-0.39, 0.29) is 48.7 Å². The summed E-state index contributed by atoms with van der Waals surface area (Å²) in [6.07, 6.45) is 3.62. The van der Waals surface area contributed by atoms with Crippen LogP contribution in [0, 0.1) is 0 Å². The van der Waals surface area contributed by atoms with Crippen molar-refractivity contribution in [2.45, 2.75) is 255 Å². The topological polar surface area (TPSA) is 0 Å². The van der Waals surface area contributed by atoms with Crippen LogP contribution in [0.25, 0.3) is 0 Å². The molecule has 1 aliphatic rings. The quantitative estimate of drug-likeness (QED) is 0.216. The molecule has 0 aromatic heterocycles. The molecule has 4 rings (SSSR count). The van der Waals surface area contributed by atoms with Gasteiger partial charge in [0.1, 0.15) is 13.7 Å². The molecule has 1 atom stereocenters. The van der Waals surface area contributed by atoms with Gasteiger partial charge < -0.3 is 0 Å². The first-order chi connectivity index (χ1) is 28.4. The first-order valence-corrected chi connectivity index (χ1v) is 28.1. The average Bonchev–Trinajstić information content (AvgIpc) is 3.51. The zero-order valence-electron chi connectivity index (χ0n) is 46.9. The van der Waals surface area contributed by atoms with E-state index in [1.807, 2.05) is 0 Å². The lowest BCUT2D eigenvalue weighted by Gasteiger charge is -2.34. The molecular weight excluding hydrogens is 826 g/mol. The van der Waals surface area contributed by atoms with E-state index in [2.05, 4.69) is 230 Å². The van der Waals surface area contributed by atoms with Crippen LogP contribution in [0.1, 0.15) is 268 Å². The first-order valence-electron chi connectivity index (χ1n) is 24.8. The van der Waals surface area contributed by atoms with Gasteiger partial charge >= 0.3 is 0 Å². The van der Waals surface area contributed by atoms with E-state index in [0.717, 1.165) is 0 Å². The van der Waals surface area contributed by atoms with Crippen molar-refractivity contribution in [1.82, 2.24) is 0 Å². The van der Waals surface area contributed by atoms with Crippen molar-refractivity contribution >= 4 is 44.6 Å². The summed E-state index contributed by atoms with van der Waals surface area (Å²) >= 11 is 0. The highest BCUT2D eigenvalue weighted by Gasteiger charge is 2.43. The lowest BCUT2D eigenvalue weighted by molar-refractivity contribution is 0.546. The zero-order chi connectivity index (χ0) is 49.5. The van der Waals surface area contributed by atoms with Crippen molar-refractivity contribution in [3.05, 3.63) is 97.6 Å². The van der Waals surface area contributed by atoms with Crippen LogP contribution in [0.15, 0.2) is 36.4 Å².